The predicted molar refractivity (Wildman–Crippen MR) is 100 cm³/mol. The van der Waals surface area contributed by atoms with Crippen LogP contribution in [0.1, 0.15) is 10.4 Å². The van der Waals surface area contributed by atoms with E-state index in [1.165, 1.54) is 31.4 Å². The zero-order valence-corrected chi connectivity index (χ0v) is 15.5. The second-order valence-corrected chi connectivity index (χ2v) is 6.24. The number of ether oxygens (including phenoxy) is 1. The summed E-state index contributed by atoms with van der Waals surface area (Å²) >= 11 is 0. The van der Waals surface area contributed by atoms with Crippen molar-refractivity contribution in [2.24, 2.45) is 5.92 Å². The van der Waals surface area contributed by atoms with Gasteiger partial charge in [-0.3, -0.25) is 4.79 Å². The van der Waals surface area contributed by atoms with Crippen LogP contribution in [0, 0.1) is 17.6 Å². The molecule has 1 aliphatic rings. The van der Waals surface area contributed by atoms with Crippen molar-refractivity contribution in [2.45, 2.75) is 6.10 Å². The lowest BCUT2D eigenvalue weighted by atomic mass is 10.0. The van der Waals surface area contributed by atoms with Gasteiger partial charge in [0.2, 0.25) is 0 Å². The number of halogens is 3. The van der Waals surface area contributed by atoms with Crippen molar-refractivity contribution in [3.63, 3.8) is 0 Å². The van der Waals surface area contributed by atoms with Crippen LogP contribution in [-0.4, -0.2) is 43.9 Å². The highest BCUT2D eigenvalue weighted by atomic mass is 35.5. The van der Waals surface area contributed by atoms with Crippen LogP contribution in [0.2, 0.25) is 0 Å². The molecule has 0 aliphatic carbocycles. The summed E-state index contributed by atoms with van der Waals surface area (Å²) in [6.45, 7) is 1.33. The summed E-state index contributed by atoms with van der Waals surface area (Å²) in [6, 6.07) is 8.25. The van der Waals surface area contributed by atoms with Gasteiger partial charge >= 0.3 is 0 Å². The third kappa shape index (κ3) is 4.74. The normalized spacial score (nSPS) is 18.7. The molecule has 2 unspecified atom stereocenters. The van der Waals surface area contributed by atoms with Crippen LogP contribution < -0.4 is 15.4 Å². The van der Waals surface area contributed by atoms with Gasteiger partial charge in [0.05, 0.1) is 18.8 Å². The first-order valence-electron chi connectivity index (χ1n) is 8.30. The molecule has 27 heavy (non-hydrogen) atoms. The van der Waals surface area contributed by atoms with Crippen LogP contribution in [-0.2, 0) is 0 Å². The molecular formula is C19H21ClF2N2O3. The van der Waals surface area contributed by atoms with Crippen LogP contribution in [0.4, 0.5) is 8.78 Å². The number of nitrogens with one attached hydrogen (secondary N) is 2. The molecule has 1 fully saturated rings. The van der Waals surface area contributed by atoms with Gasteiger partial charge in [-0.1, -0.05) is 6.07 Å². The van der Waals surface area contributed by atoms with Crippen molar-refractivity contribution in [3.05, 3.63) is 53.6 Å². The monoisotopic (exact) mass is 398 g/mol. The molecule has 2 aromatic rings. The Morgan fingerprint density at radius 3 is 2.59 bits per heavy atom. The molecule has 3 N–H and O–H groups in total. The number of hydrogen-bond donors (Lipinski definition) is 3. The van der Waals surface area contributed by atoms with Crippen molar-refractivity contribution < 1.29 is 23.4 Å². The van der Waals surface area contributed by atoms with E-state index in [1.54, 1.807) is 6.07 Å². The topological polar surface area (TPSA) is 70.6 Å². The minimum Gasteiger partial charge on any atom is -0.497 e. The van der Waals surface area contributed by atoms with Crippen molar-refractivity contribution in [3.8, 4) is 16.9 Å². The van der Waals surface area contributed by atoms with E-state index in [2.05, 4.69) is 10.6 Å². The van der Waals surface area contributed by atoms with E-state index >= 15 is 0 Å². The maximum absolute atomic E-state index is 14.4. The first-order chi connectivity index (χ1) is 12.5. The summed E-state index contributed by atoms with van der Waals surface area (Å²) < 4.78 is 33.5. The van der Waals surface area contributed by atoms with Gasteiger partial charge < -0.3 is 20.5 Å². The molecule has 0 bridgehead atoms. The Morgan fingerprint density at radius 2 is 2.00 bits per heavy atom. The summed E-state index contributed by atoms with van der Waals surface area (Å²) in [5.41, 5.74) is 0.426. The van der Waals surface area contributed by atoms with Crippen LogP contribution in [0.15, 0.2) is 36.4 Å². The molecule has 1 aliphatic heterocycles. The van der Waals surface area contributed by atoms with Gasteiger partial charge in [0.1, 0.15) is 17.4 Å². The molecule has 1 amide bonds. The molecule has 1 heterocycles. The van der Waals surface area contributed by atoms with Crippen molar-refractivity contribution >= 4 is 18.3 Å². The Morgan fingerprint density at radius 1 is 1.22 bits per heavy atom. The van der Waals surface area contributed by atoms with Crippen molar-refractivity contribution in [1.82, 2.24) is 10.6 Å². The van der Waals surface area contributed by atoms with Crippen LogP contribution >= 0.6 is 12.4 Å². The highest BCUT2D eigenvalue weighted by Crippen LogP contribution is 2.27. The number of carbonyl (C=O) groups excluding carboxylic acids is 1. The lowest BCUT2D eigenvalue weighted by Crippen LogP contribution is -2.34. The second-order valence-electron chi connectivity index (χ2n) is 6.24. The average Bonchev–Trinajstić information content (AvgIpc) is 3.04. The first-order valence-corrected chi connectivity index (χ1v) is 8.30. The highest BCUT2D eigenvalue weighted by Gasteiger charge is 2.25. The molecule has 3 rings (SSSR count). The number of benzene rings is 2. The smallest absolute Gasteiger partial charge is 0.254 e. The maximum Gasteiger partial charge on any atom is 0.254 e. The minimum absolute atomic E-state index is 0. The van der Waals surface area contributed by atoms with E-state index in [9.17, 15) is 18.7 Å². The molecule has 5 nitrogen and oxygen atoms in total. The Balaban J connectivity index is 0.00000261. The van der Waals surface area contributed by atoms with Crippen LogP contribution in [0.3, 0.4) is 0 Å². The van der Waals surface area contributed by atoms with Gasteiger partial charge in [-0.25, -0.2) is 8.78 Å². The van der Waals surface area contributed by atoms with E-state index in [1.807, 2.05) is 0 Å². The third-order valence-corrected chi connectivity index (χ3v) is 4.53. The van der Waals surface area contributed by atoms with E-state index in [0.29, 0.717) is 24.4 Å². The molecule has 2 atom stereocenters. The molecule has 2 aromatic carbocycles. The van der Waals surface area contributed by atoms with Crippen LogP contribution in [0.5, 0.6) is 5.75 Å². The SMILES string of the molecule is COc1ccc(-c2ccc(C(=O)NCC3CNCC3O)c(F)c2)c(F)c1.Cl. The van der Waals surface area contributed by atoms with Gasteiger partial charge in [0.25, 0.3) is 5.91 Å². The second kappa shape index (κ2) is 9.12. The Labute approximate surface area is 162 Å². The van der Waals surface area contributed by atoms with E-state index in [0.717, 1.165) is 6.07 Å². The van der Waals surface area contributed by atoms with Gasteiger partial charge in [0, 0.05) is 37.2 Å². The summed E-state index contributed by atoms with van der Waals surface area (Å²) in [7, 11) is 1.43. The van der Waals surface area contributed by atoms with E-state index in [4.69, 9.17) is 4.74 Å². The molecule has 0 radical (unpaired) electrons. The van der Waals surface area contributed by atoms with Crippen LogP contribution in [0.25, 0.3) is 11.1 Å². The Kier molecular flexibility index (Phi) is 7.12. The number of β-amino-alcohol motifs (C(OH)–C–C–N with tert-alkyl or cyclic N) is 1. The van der Waals surface area contributed by atoms with Gasteiger partial charge in [0.15, 0.2) is 0 Å². The summed E-state index contributed by atoms with van der Waals surface area (Å²) in [5, 5.41) is 15.4. The quantitative estimate of drug-likeness (QED) is 0.723. The Hall–Kier alpha value is -2.22. The van der Waals surface area contributed by atoms with E-state index in [-0.39, 0.29) is 36.0 Å². The fraction of sp³-hybridized carbons (Fsp3) is 0.316. The summed E-state index contributed by atoms with van der Waals surface area (Å²) in [6.07, 6.45) is -0.527. The predicted octanol–water partition coefficient (Wildman–Crippen LogP) is 2.37. The maximum atomic E-state index is 14.4. The highest BCUT2D eigenvalue weighted by molar-refractivity contribution is 5.95. The fourth-order valence-electron chi connectivity index (χ4n) is 2.97. The lowest BCUT2D eigenvalue weighted by molar-refractivity contribution is 0.0923. The zero-order chi connectivity index (χ0) is 18.7. The number of aliphatic hydroxyl groups is 1. The molecule has 8 heteroatoms. The summed E-state index contributed by atoms with van der Waals surface area (Å²) in [5.74, 6) is -1.58. The van der Waals surface area contributed by atoms with Gasteiger partial charge in [-0.05, 0) is 29.8 Å². The first kappa shape index (κ1) is 21.1. The molecule has 0 saturated carbocycles. The number of hydrogen-bond acceptors (Lipinski definition) is 4. The molecule has 1 saturated heterocycles. The fourth-order valence-corrected chi connectivity index (χ4v) is 2.97. The third-order valence-electron chi connectivity index (χ3n) is 4.53. The van der Waals surface area contributed by atoms with Crippen molar-refractivity contribution in [2.75, 3.05) is 26.7 Å². The molecule has 0 aromatic heterocycles. The molecule has 0 spiro atoms. The minimum atomic E-state index is -0.736. The van der Waals surface area contributed by atoms with Crippen molar-refractivity contribution in [1.29, 1.82) is 0 Å². The summed E-state index contributed by atoms with van der Waals surface area (Å²) in [4.78, 5) is 12.2. The average molecular weight is 399 g/mol. The van der Waals surface area contributed by atoms with Gasteiger partial charge in [-0.2, -0.15) is 0 Å². The largest absolute Gasteiger partial charge is 0.497 e. The number of methoxy groups -OCH3 is 1. The molecular weight excluding hydrogens is 378 g/mol. The standard InChI is InChI=1S/C19H20F2N2O3.ClH/c1-26-13-3-5-14(17(21)7-13)11-2-4-15(16(20)6-11)19(25)23-9-12-8-22-10-18(12)24;/h2-7,12,18,22,24H,8-10H2,1H3,(H,23,25);1H. The lowest BCUT2D eigenvalue weighted by Gasteiger charge is -2.14. The number of aliphatic hydroxyl groups excluding tert-OH is 1. The number of amides is 1. The number of carbonyl (C=O) groups is 1. The van der Waals surface area contributed by atoms with E-state index < -0.39 is 23.6 Å². The molecule has 146 valence electrons. The number of rotatable bonds is 5. The Bertz CT molecular complexity index is 820. The van der Waals surface area contributed by atoms with Gasteiger partial charge in [-0.15, -0.1) is 12.4 Å². The zero-order valence-electron chi connectivity index (χ0n) is 14.7.